The van der Waals surface area contributed by atoms with Crippen molar-refractivity contribution in [3.63, 3.8) is 0 Å². The van der Waals surface area contributed by atoms with Crippen molar-refractivity contribution in [1.82, 2.24) is 9.21 Å². The number of Topliss-reactive ketones (excluding diaryl/α,β-unsaturated/α-hetero) is 1. The van der Waals surface area contributed by atoms with Gasteiger partial charge in [0, 0.05) is 38.9 Å². The van der Waals surface area contributed by atoms with Gasteiger partial charge in [0.15, 0.2) is 0 Å². The number of hydrogen-bond donors (Lipinski definition) is 1. The number of ketones is 1. The van der Waals surface area contributed by atoms with Crippen LogP contribution in [0.3, 0.4) is 0 Å². The van der Waals surface area contributed by atoms with E-state index in [9.17, 15) is 23.1 Å². The van der Waals surface area contributed by atoms with Crippen molar-refractivity contribution in [2.24, 2.45) is 0 Å². The Balaban J connectivity index is 2.07. The predicted molar refractivity (Wildman–Crippen MR) is 133 cm³/mol. The summed E-state index contributed by atoms with van der Waals surface area (Å²) in [6.45, 7) is 6.84. The molecule has 0 aliphatic carbocycles. The molecule has 1 heterocycles. The molecule has 1 amide bonds. The maximum absolute atomic E-state index is 13.1. The van der Waals surface area contributed by atoms with Crippen LogP contribution >= 0.6 is 0 Å². The van der Waals surface area contributed by atoms with E-state index >= 15 is 0 Å². The summed E-state index contributed by atoms with van der Waals surface area (Å²) in [4.78, 5) is 27.5. The van der Waals surface area contributed by atoms with Crippen LogP contribution in [0.4, 0.5) is 0 Å². The molecule has 1 N–H and O–H groups in total. The number of likely N-dealkylation sites (tertiary alicyclic amines) is 1. The van der Waals surface area contributed by atoms with Crippen molar-refractivity contribution < 1.29 is 27.9 Å². The van der Waals surface area contributed by atoms with Gasteiger partial charge in [-0.05, 0) is 43.2 Å². The van der Waals surface area contributed by atoms with Gasteiger partial charge in [-0.2, -0.15) is 4.31 Å². The zero-order chi connectivity index (χ0) is 25.8. The van der Waals surface area contributed by atoms with E-state index in [1.54, 1.807) is 21.0 Å². The minimum Gasteiger partial charge on any atom is -0.507 e. The standard InChI is InChI=1S/C26H32N2O6S/c1-5-27(6-2)35(32,33)21-14-12-20(13-15-21)24(29)22-23(19-10-8-18(3)9-11-19)28(16-7-17-34-4)26(31)25(22)30/h8-15,23,29H,5-7,16-17H2,1-4H3/b24-22+. The molecule has 1 aliphatic rings. The van der Waals surface area contributed by atoms with E-state index in [1.807, 2.05) is 31.2 Å². The molecule has 35 heavy (non-hydrogen) atoms. The first kappa shape index (κ1) is 26.6. The second-order valence-corrected chi connectivity index (χ2v) is 10.3. The van der Waals surface area contributed by atoms with Crippen LogP contribution in [-0.4, -0.2) is 67.8 Å². The number of methoxy groups -OCH3 is 1. The van der Waals surface area contributed by atoms with Crippen molar-refractivity contribution in [1.29, 1.82) is 0 Å². The maximum atomic E-state index is 13.1. The quantitative estimate of drug-likeness (QED) is 0.232. The van der Waals surface area contributed by atoms with Crippen molar-refractivity contribution in [3.8, 4) is 0 Å². The fourth-order valence-corrected chi connectivity index (χ4v) is 5.70. The van der Waals surface area contributed by atoms with E-state index in [2.05, 4.69) is 0 Å². The lowest BCUT2D eigenvalue weighted by Gasteiger charge is -2.25. The lowest BCUT2D eigenvalue weighted by molar-refractivity contribution is -0.140. The number of aliphatic hydroxyl groups excluding tert-OH is 1. The number of sulfonamides is 1. The van der Waals surface area contributed by atoms with Gasteiger partial charge < -0.3 is 14.7 Å². The van der Waals surface area contributed by atoms with E-state index < -0.39 is 27.8 Å². The molecule has 1 aliphatic heterocycles. The molecule has 0 radical (unpaired) electrons. The topological polar surface area (TPSA) is 104 Å². The Bertz CT molecular complexity index is 1200. The van der Waals surface area contributed by atoms with Gasteiger partial charge in [0.2, 0.25) is 10.0 Å². The Morgan fingerprint density at radius 2 is 1.63 bits per heavy atom. The number of benzene rings is 2. The number of rotatable bonds is 10. The van der Waals surface area contributed by atoms with Crippen LogP contribution in [0.5, 0.6) is 0 Å². The SMILES string of the molecule is CCN(CC)S(=O)(=O)c1ccc(/C(O)=C2\C(=O)C(=O)N(CCCOC)C2c2ccc(C)cc2)cc1. The predicted octanol–water partition coefficient (Wildman–Crippen LogP) is 3.48. The Kier molecular flexibility index (Phi) is 8.47. The molecular formula is C26H32N2O6S. The number of carbonyl (C=O) groups is 2. The highest BCUT2D eigenvalue weighted by molar-refractivity contribution is 7.89. The van der Waals surface area contributed by atoms with Gasteiger partial charge in [-0.3, -0.25) is 9.59 Å². The van der Waals surface area contributed by atoms with Crippen LogP contribution in [0, 0.1) is 6.92 Å². The first-order valence-corrected chi connectivity index (χ1v) is 13.1. The van der Waals surface area contributed by atoms with Crippen LogP contribution in [0.2, 0.25) is 0 Å². The number of ether oxygens (including phenoxy) is 1. The van der Waals surface area contributed by atoms with Gasteiger partial charge in [0.05, 0.1) is 16.5 Å². The van der Waals surface area contributed by atoms with Gasteiger partial charge >= 0.3 is 0 Å². The van der Waals surface area contributed by atoms with Gasteiger partial charge in [-0.1, -0.05) is 43.7 Å². The molecule has 1 fully saturated rings. The average molecular weight is 501 g/mol. The van der Waals surface area contributed by atoms with Crippen LogP contribution in [-0.2, 0) is 24.3 Å². The third-order valence-electron chi connectivity index (χ3n) is 6.15. The van der Waals surface area contributed by atoms with E-state index in [0.717, 1.165) is 5.56 Å². The number of aliphatic hydroxyl groups is 1. The molecule has 8 nitrogen and oxygen atoms in total. The average Bonchev–Trinajstić information content (AvgIpc) is 3.10. The molecule has 1 saturated heterocycles. The van der Waals surface area contributed by atoms with Crippen LogP contribution in [0.1, 0.15) is 43.0 Å². The first-order valence-electron chi connectivity index (χ1n) is 11.6. The third kappa shape index (κ3) is 5.32. The fraction of sp³-hybridized carbons (Fsp3) is 0.385. The second-order valence-electron chi connectivity index (χ2n) is 8.36. The summed E-state index contributed by atoms with van der Waals surface area (Å²) >= 11 is 0. The highest BCUT2D eigenvalue weighted by Crippen LogP contribution is 2.39. The Labute approximate surface area is 206 Å². The summed E-state index contributed by atoms with van der Waals surface area (Å²) in [5.74, 6) is -1.80. The van der Waals surface area contributed by atoms with E-state index in [0.29, 0.717) is 31.7 Å². The van der Waals surface area contributed by atoms with Crippen molar-refractivity contribution >= 4 is 27.5 Å². The highest BCUT2D eigenvalue weighted by Gasteiger charge is 2.45. The summed E-state index contributed by atoms with van der Waals surface area (Å²) in [7, 11) is -2.10. The van der Waals surface area contributed by atoms with Crippen LogP contribution in [0.15, 0.2) is 59.0 Å². The number of amides is 1. The molecule has 0 bridgehead atoms. The number of aryl methyl sites for hydroxylation is 1. The largest absolute Gasteiger partial charge is 0.507 e. The molecule has 2 aromatic rings. The number of carbonyl (C=O) groups excluding carboxylic acids is 2. The Morgan fingerprint density at radius 1 is 1.03 bits per heavy atom. The molecule has 9 heteroatoms. The molecule has 188 valence electrons. The summed E-state index contributed by atoms with van der Waals surface area (Å²) < 4.78 is 32.0. The molecular weight excluding hydrogens is 468 g/mol. The molecule has 2 aromatic carbocycles. The van der Waals surface area contributed by atoms with Crippen LogP contribution < -0.4 is 0 Å². The smallest absolute Gasteiger partial charge is 0.295 e. The van der Waals surface area contributed by atoms with E-state index in [-0.39, 0.29) is 28.3 Å². The lowest BCUT2D eigenvalue weighted by atomic mass is 9.94. The molecule has 1 unspecified atom stereocenters. The second kappa shape index (κ2) is 11.2. The summed E-state index contributed by atoms with van der Waals surface area (Å²) in [5.41, 5.74) is 1.97. The Hall–Kier alpha value is -3.01. The first-order chi connectivity index (χ1) is 16.7. The molecule has 3 rings (SSSR count). The molecule has 0 saturated carbocycles. The molecule has 0 spiro atoms. The normalized spacial score (nSPS) is 18.0. The lowest BCUT2D eigenvalue weighted by Crippen LogP contribution is -2.31. The summed E-state index contributed by atoms with van der Waals surface area (Å²) in [6, 6.07) is 12.4. The molecule has 1 atom stereocenters. The van der Waals surface area contributed by atoms with Crippen molar-refractivity contribution in [2.45, 2.75) is 38.1 Å². The van der Waals surface area contributed by atoms with E-state index in [4.69, 9.17) is 4.74 Å². The van der Waals surface area contributed by atoms with Crippen molar-refractivity contribution in [2.75, 3.05) is 33.4 Å². The highest BCUT2D eigenvalue weighted by atomic mass is 32.2. The monoisotopic (exact) mass is 500 g/mol. The summed E-state index contributed by atoms with van der Waals surface area (Å²) in [5, 5.41) is 11.2. The minimum absolute atomic E-state index is 0.0179. The van der Waals surface area contributed by atoms with Gasteiger partial charge in [-0.15, -0.1) is 0 Å². The maximum Gasteiger partial charge on any atom is 0.295 e. The van der Waals surface area contributed by atoms with Gasteiger partial charge in [0.1, 0.15) is 5.76 Å². The third-order valence-corrected chi connectivity index (χ3v) is 8.22. The van der Waals surface area contributed by atoms with Gasteiger partial charge in [-0.25, -0.2) is 8.42 Å². The number of hydrogen-bond acceptors (Lipinski definition) is 6. The summed E-state index contributed by atoms with van der Waals surface area (Å²) in [6.07, 6.45) is 0.532. The molecule has 0 aromatic heterocycles. The van der Waals surface area contributed by atoms with Crippen LogP contribution in [0.25, 0.3) is 5.76 Å². The minimum atomic E-state index is -3.67. The fourth-order valence-electron chi connectivity index (χ4n) is 4.24. The van der Waals surface area contributed by atoms with Gasteiger partial charge in [0.25, 0.3) is 11.7 Å². The van der Waals surface area contributed by atoms with E-state index in [1.165, 1.54) is 33.5 Å². The number of nitrogens with zero attached hydrogens (tertiary/aromatic N) is 2. The zero-order valence-electron chi connectivity index (χ0n) is 20.5. The zero-order valence-corrected chi connectivity index (χ0v) is 21.3. The Morgan fingerprint density at radius 3 is 2.17 bits per heavy atom. The van der Waals surface area contributed by atoms with Crippen molar-refractivity contribution in [3.05, 3.63) is 70.8 Å².